The molecule has 0 amide bonds. The van der Waals surface area contributed by atoms with Crippen LogP contribution < -0.4 is 5.32 Å². The minimum Gasteiger partial charge on any atom is -0.306 e. The molecule has 1 aromatic carbocycles. The Bertz CT molecular complexity index is 1010. The molecule has 5 rings (SSSR count). The molecule has 1 saturated carbocycles. The first-order chi connectivity index (χ1) is 13.6. The first kappa shape index (κ1) is 18.1. The molecule has 28 heavy (non-hydrogen) atoms. The standard InChI is InChI=1S/C21H21Cl2N5/c22-17-5-8-25-18(10-17)14-3-6-21(23,7-4-14)16-1-2-19-15(9-16)11-24-12-20-27-26-13-28(19)20/h1-2,5,8-10,13-14,24H,3-4,6-7,11-12H2. The van der Waals surface area contributed by atoms with Crippen molar-refractivity contribution in [2.45, 2.75) is 49.6 Å². The summed E-state index contributed by atoms with van der Waals surface area (Å²) in [5.41, 5.74) is 4.64. The Morgan fingerprint density at radius 2 is 1.96 bits per heavy atom. The first-order valence-corrected chi connectivity index (χ1v) is 10.4. The number of nitrogens with zero attached hydrogens (tertiary/aromatic N) is 4. The van der Waals surface area contributed by atoms with Crippen molar-refractivity contribution in [1.82, 2.24) is 25.1 Å². The van der Waals surface area contributed by atoms with Gasteiger partial charge in [0.25, 0.3) is 0 Å². The van der Waals surface area contributed by atoms with Gasteiger partial charge in [-0.05, 0) is 55.0 Å². The number of alkyl halides is 1. The van der Waals surface area contributed by atoms with E-state index >= 15 is 0 Å². The lowest BCUT2D eigenvalue weighted by Crippen LogP contribution is -2.26. The number of hydrogen-bond acceptors (Lipinski definition) is 4. The number of aromatic nitrogens is 4. The van der Waals surface area contributed by atoms with Crippen molar-refractivity contribution in [2.24, 2.45) is 0 Å². The van der Waals surface area contributed by atoms with E-state index in [-0.39, 0.29) is 4.87 Å². The molecular formula is C21H21Cl2N5. The number of fused-ring (bicyclic) bond motifs is 3. The SMILES string of the molecule is Clc1ccnc(C2CCC(Cl)(c3ccc4c(c3)CNCc3nncn3-4)CC2)c1. The maximum Gasteiger partial charge on any atom is 0.151 e. The molecule has 0 saturated heterocycles. The van der Waals surface area contributed by atoms with E-state index in [2.05, 4.69) is 43.3 Å². The van der Waals surface area contributed by atoms with Crippen molar-refractivity contribution in [1.29, 1.82) is 0 Å². The summed E-state index contributed by atoms with van der Waals surface area (Å²) in [6.45, 7) is 1.51. The van der Waals surface area contributed by atoms with E-state index in [9.17, 15) is 0 Å². The molecule has 3 aromatic rings. The second kappa shape index (κ2) is 7.14. The van der Waals surface area contributed by atoms with Gasteiger partial charge in [-0.25, -0.2) is 0 Å². The molecule has 0 radical (unpaired) electrons. The average molecular weight is 414 g/mol. The molecule has 1 aliphatic heterocycles. The predicted octanol–water partition coefficient (Wildman–Crippen LogP) is 4.71. The minimum atomic E-state index is -0.327. The number of hydrogen-bond donors (Lipinski definition) is 1. The number of benzene rings is 1. The minimum absolute atomic E-state index is 0.327. The highest BCUT2D eigenvalue weighted by molar-refractivity contribution is 6.30. The molecule has 1 N–H and O–H groups in total. The third-order valence-corrected chi connectivity index (χ3v) is 6.84. The smallest absolute Gasteiger partial charge is 0.151 e. The molecule has 2 aliphatic rings. The van der Waals surface area contributed by atoms with Crippen LogP contribution in [0, 0.1) is 0 Å². The molecule has 0 bridgehead atoms. The maximum atomic E-state index is 7.15. The van der Waals surface area contributed by atoms with Crippen molar-refractivity contribution in [3.8, 4) is 5.69 Å². The third kappa shape index (κ3) is 3.21. The molecule has 0 atom stereocenters. The summed E-state index contributed by atoms with van der Waals surface area (Å²) >= 11 is 13.3. The van der Waals surface area contributed by atoms with Crippen LogP contribution in [0.4, 0.5) is 0 Å². The fourth-order valence-corrected chi connectivity index (χ4v) is 4.94. The summed E-state index contributed by atoms with van der Waals surface area (Å²) in [7, 11) is 0. The van der Waals surface area contributed by atoms with E-state index in [0.717, 1.165) is 54.5 Å². The van der Waals surface area contributed by atoms with Gasteiger partial charge >= 0.3 is 0 Å². The lowest BCUT2D eigenvalue weighted by atomic mass is 9.76. The quantitative estimate of drug-likeness (QED) is 0.617. The van der Waals surface area contributed by atoms with Crippen molar-refractivity contribution in [3.63, 3.8) is 0 Å². The highest BCUT2D eigenvalue weighted by atomic mass is 35.5. The number of pyridine rings is 1. The van der Waals surface area contributed by atoms with Gasteiger partial charge in [0.05, 0.1) is 17.1 Å². The van der Waals surface area contributed by atoms with Gasteiger partial charge in [-0.15, -0.1) is 21.8 Å². The van der Waals surface area contributed by atoms with Crippen LogP contribution in [0.25, 0.3) is 5.69 Å². The van der Waals surface area contributed by atoms with E-state index in [1.807, 2.05) is 12.1 Å². The van der Waals surface area contributed by atoms with Crippen molar-refractivity contribution in [3.05, 3.63) is 70.5 Å². The summed E-state index contributed by atoms with van der Waals surface area (Å²) in [6.07, 6.45) is 7.46. The largest absolute Gasteiger partial charge is 0.306 e. The van der Waals surface area contributed by atoms with Crippen LogP contribution in [-0.2, 0) is 18.0 Å². The van der Waals surface area contributed by atoms with Gasteiger partial charge in [-0.3, -0.25) is 9.55 Å². The number of halogens is 2. The van der Waals surface area contributed by atoms with E-state index < -0.39 is 0 Å². The van der Waals surface area contributed by atoms with Crippen molar-refractivity contribution in [2.75, 3.05) is 0 Å². The highest BCUT2D eigenvalue weighted by Crippen LogP contribution is 2.48. The second-order valence-electron chi connectivity index (χ2n) is 7.70. The van der Waals surface area contributed by atoms with Crippen LogP contribution in [0.3, 0.4) is 0 Å². The Hall–Kier alpha value is -1.95. The van der Waals surface area contributed by atoms with Crippen molar-refractivity contribution < 1.29 is 0 Å². The van der Waals surface area contributed by atoms with Crippen LogP contribution in [-0.4, -0.2) is 19.7 Å². The Kier molecular flexibility index (Phi) is 4.62. The Balaban J connectivity index is 1.39. The predicted molar refractivity (Wildman–Crippen MR) is 110 cm³/mol. The fourth-order valence-electron chi connectivity index (χ4n) is 4.43. The molecule has 144 valence electrons. The van der Waals surface area contributed by atoms with Crippen LogP contribution >= 0.6 is 23.2 Å². The fraction of sp³-hybridized carbons (Fsp3) is 0.381. The summed E-state index contributed by atoms with van der Waals surface area (Å²) in [5, 5.41) is 12.4. The zero-order valence-electron chi connectivity index (χ0n) is 15.4. The van der Waals surface area contributed by atoms with E-state index in [1.54, 1.807) is 12.5 Å². The maximum absolute atomic E-state index is 7.15. The van der Waals surface area contributed by atoms with Crippen LogP contribution in [0.1, 0.15) is 54.2 Å². The van der Waals surface area contributed by atoms with Crippen LogP contribution in [0.2, 0.25) is 5.02 Å². The number of nitrogens with one attached hydrogen (secondary N) is 1. The summed E-state index contributed by atoms with van der Waals surface area (Å²) in [5.74, 6) is 1.36. The molecule has 0 unspecified atom stereocenters. The van der Waals surface area contributed by atoms with Crippen LogP contribution in [0.5, 0.6) is 0 Å². The molecule has 5 nitrogen and oxygen atoms in total. The van der Waals surface area contributed by atoms with Gasteiger partial charge in [0, 0.05) is 29.4 Å². The number of rotatable bonds is 2. The van der Waals surface area contributed by atoms with Gasteiger partial charge in [-0.2, -0.15) is 0 Å². The normalized spacial score (nSPS) is 24.3. The lowest BCUT2D eigenvalue weighted by Gasteiger charge is -2.36. The first-order valence-electron chi connectivity index (χ1n) is 9.66. The van der Waals surface area contributed by atoms with Gasteiger partial charge < -0.3 is 5.32 Å². The Morgan fingerprint density at radius 1 is 1.11 bits per heavy atom. The third-order valence-electron chi connectivity index (χ3n) is 6.01. The lowest BCUT2D eigenvalue weighted by molar-refractivity contribution is 0.355. The molecule has 1 fully saturated rings. The van der Waals surface area contributed by atoms with E-state index in [1.165, 1.54) is 11.1 Å². The Labute approximate surface area is 174 Å². The van der Waals surface area contributed by atoms with E-state index in [4.69, 9.17) is 23.2 Å². The second-order valence-corrected chi connectivity index (χ2v) is 8.86. The summed E-state index contributed by atoms with van der Waals surface area (Å²) in [6, 6.07) is 10.4. The molecule has 0 spiro atoms. The molecule has 3 heterocycles. The topological polar surface area (TPSA) is 55.6 Å². The molecule has 1 aliphatic carbocycles. The van der Waals surface area contributed by atoms with Gasteiger partial charge in [0.1, 0.15) is 6.33 Å². The van der Waals surface area contributed by atoms with Crippen LogP contribution in [0.15, 0.2) is 42.9 Å². The molecule has 2 aromatic heterocycles. The van der Waals surface area contributed by atoms with Gasteiger partial charge in [-0.1, -0.05) is 23.7 Å². The highest BCUT2D eigenvalue weighted by Gasteiger charge is 2.36. The Morgan fingerprint density at radius 3 is 2.79 bits per heavy atom. The zero-order valence-corrected chi connectivity index (χ0v) is 16.9. The monoisotopic (exact) mass is 413 g/mol. The average Bonchev–Trinajstić information content (AvgIpc) is 3.10. The zero-order chi connectivity index (χ0) is 19.1. The molecule has 7 heteroatoms. The molecular weight excluding hydrogens is 393 g/mol. The van der Waals surface area contributed by atoms with Gasteiger partial charge in [0.15, 0.2) is 5.82 Å². The van der Waals surface area contributed by atoms with E-state index in [0.29, 0.717) is 12.5 Å². The summed E-state index contributed by atoms with van der Waals surface area (Å²) in [4.78, 5) is 4.19. The van der Waals surface area contributed by atoms with Gasteiger partial charge in [0.2, 0.25) is 0 Å². The summed E-state index contributed by atoms with van der Waals surface area (Å²) < 4.78 is 2.06. The van der Waals surface area contributed by atoms with Crippen molar-refractivity contribution >= 4 is 23.2 Å².